The topological polar surface area (TPSA) is 58.9 Å². The third kappa shape index (κ3) is 9.66. The Balaban J connectivity index is 0.00000625. The lowest BCUT2D eigenvalue weighted by atomic mass is 10.1. The maximum atomic E-state index is 11.2. The summed E-state index contributed by atoms with van der Waals surface area (Å²) in [4.78, 5) is 17.6. The van der Waals surface area contributed by atoms with Crippen molar-refractivity contribution in [1.29, 1.82) is 0 Å². The van der Waals surface area contributed by atoms with E-state index >= 15 is 0 Å². The van der Waals surface area contributed by atoms with Crippen LogP contribution in [-0.4, -0.2) is 48.6 Å². The van der Waals surface area contributed by atoms with E-state index in [1.807, 2.05) is 37.8 Å². The quantitative estimate of drug-likeness (QED) is 0.175. The Kier molecular flexibility index (Phi) is 13.6. The number of nitrogens with zero attached hydrogens (tertiary/aromatic N) is 3. The standard InChI is InChI=1S/C18H31ClN4O2.HI/c1-5-25-17(24)10-8-6-7-9-11-21-18(20-2)23(4)14-16-12-15(19)13-22(16)3;/h12-13H,5-11,14H2,1-4H3,(H,20,21);1H. The van der Waals surface area contributed by atoms with Gasteiger partial charge < -0.3 is 19.5 Å². The number of rotatable bonds is 10. The Morgan fingerprint density at radius 2 is 2.04 bits per heavy atom. The van der Waals surface area contributed by atoms with Gasteiger partial charge in [-0.1, -0.05) is 24.4 Å². The average molecular weight is 499 g/mol. The normalized spacial score (nSPS) is 11.0. The van der Waals surface area contributed by atoms with Crippen molar-refractivity contribution in [3.8, 4) is 0 Å². The first-order valence-electron chi connectivity index (χ1n) is 8.86. The highest BCUT2D eigenvalue weighted by Gasteiger charge is 2.09. The van der Waals surface area contributed by atoms with Gasteiger partial charge in [-0.25, -0.2) is 0 Å². The number of carbonyl (C=O) groups is 1. The first-order chi connectivity index (χ1) is 12.0. The van der Waals surface area contributed by atoms with Crippen molar-refractivity contribution in [2.45, 2.75) is 45.6 Å². The smallest absolute Gasteiger partial charge is 0.305 e. The molecule has 0 saturated heterocycles. The molecule has 0 atom stereocenters. The van der Waals surface area contributed by atoms with E-state index < -0.39 is 0 Å². The molecule has 0 saturated carbocycles. The van der Waals surface area contributed by atoms with Gasteiger partial charge in [0, 0.05) is 46.0 Å². The Morgan fingerprint density at radius 3 is 2.62 bits per heavy atom. The molecule has 1 N–H and O–H groups in total. The molecule has 1 aromatic heterocycles. The van der Waals surface area contributed by atoms with Gasteiger partial charge in [0.15, 0.2) is 5.96 Å². The molecule has 0 aromatic carbocycles. The second-order valence-electron chi connectivity index (χ2n) is 6.06. The summed E-state index contributed by atoms with van der Waals surface area (Å²) < 4.78 is 6.94. The summed E-state index contributed by atoms with van der Waals surface area (Å²) in [5, 5.41) is 4.12. The molecule has 26 heavy (non-hydrogen) atoms. The molecule has 0 fully saturated rings. The van der Waals surface area contributed by atoms with Crippen LogP contribution in [0.2, 0.25) is 5.02 Å². The summed E-state index contributed by atoms with van der Waals surface area (Å²) in [6.07, 6.45) is 6.48. The van der Waals surface area contributed by atoms with Crippen LogP contribution in [0.3, 0.4) is 0 Å². The summed E-state index contributed by atoms with van der Waals surface area (Å²) in [5.41, 5.74) is 1.13. The highest BCUT2D eigenvalue weighted by Crippen LogP contribution is 2.14. The highest BCUT2D eigenvalue weighted by atomic mass is 127. The number of hydrogen-bond donors (Lipinski definition) is 1. The fraction of sp³-hybridized carbons (Fsp3) is 0.667. The molecular formula is C18H32ClIN4O2. The van der Waals surface area contributed by atoms with E-state index in [-0.39, 0.29) is 29.9 Å². The van der Waals surface area contributed by atoms with Crippen molar-refractivity contribution >= 4 is 47.5 Å². The first kappa shape index (κ1) is 25.0. The third-order valence-corrected chi connectivity index (χ3v) is 4.15. The van der Waals surface area contributed by atoms with Crippen molar-refractivity contribution < 1.29 is 9.53 Å². The Labute approximate surface area is 179 Å². The van der Waals surface area contributed by atoms with Gasteiger partial charge in [-0.3, -0.25) is 9.79 Å². The van der Waals surface area contributed by atoms with Crippen LogP contribution >= 0.6 is 35.6 Å². The van der Waals surface area contributed by atoms with Crippen LogP contribution in [-0.2, 0) is 23.1 Å². The van der Waals surface area contributed by atoms with Gasteiger partial charge in [-0.15, -0.1) is 24.0 Å². The molecule has 0 radical (unpaired) electrons. The largest absolute Gasteiger partial charge is 0.466 e. The van der Waals surface area contributed by atoms with Gasteiger partial charge in [0.25, 0.3) is 0 Å². The number of aromatic nitrogens is 1. The van der Waals surface area contributed by atoms with Crippen LogP contribution in [0, 0.1) is 0 Å². The summed E-state index contributed by atoms with van der Waals surface area (Å²) in [6, 6.07) is 1.97. The van der Waals surface area contributed by atoms with E-state index in [4.69, 9.17) is 16.3 Å². The fourth-order valence-corrected chi connectivity index (χ4v) is 2.88. The van der Waals surface area contributed by atoms with Crippen LogP contribution in [0.4, 0.5) is 0 Å². The number of carbonyl (C=O) groups excluding carboxylic acids is 1. The maximum Gasteiger partial charge on any atom is 0.305 e. The predicted octanol–water partition coefficient (Wildman–Crippen LogP) is 3.82. The van der Waals surface area contributed by atoms with Crippen LogP contribution in [0.25, 0.3) is 0 Å². The van der Waals surface area contributed by atoms with Crippen molar-refractivity contribution in [3.63, 3.8) is 0 Å². The zero-order chi connectivity index (χ0) is 18.7. The lowest BCUT2D eigenvalue weighted by molar-refractivity contribution is -0.143. The number of ether oxygens (including phenoxy) is 1. The molecule has 1 aromatic rings. The van der Waals surface area contributed by atoms with Gasteiger partial charge in [0.05, 0.1) is 18.2 Å². The number of aliphatic imine (C=N–C) groups is 1. The van der Waals surface area contributed by atoms with Gasteiger partial charge >= 0.3 is 5.97 Å². The lowest BCUT2D eigenvalue weighted by Gasteiger charge is -2.22. The Hall–Kier alpha value is -0.960. The molecule has 0 aliphatic heterocycles. The van der Waals surface area contributed by atoms with Crippen LogP contribution in [0.15, 0.2) is 17.3 Å². The molecule has 0 aliphatic rings. The van der Waals surface area contributed by atoms with E-state index in [2.05, 4.69) is 15.2 Å². The van der Waals surface area contributed by atoms with Crippen LogP contribution in [0.5, 0.6) is 0 Å². The van der Waals surface area contributed by atoms with E-state index in [0.29, 0.717) is 13.0 Å². The molecule has 0 unspecified atom stereocenters. The van der Waals surface area contributed by atoms with Crippen molar-refractivity contribution in [1.82, 2.24) is 14.8 Å². The summed E-state index contributed by atoms with van der Waals surface area (Å²) in [5.74, 6) is 0.771. The summed E-state index contributed by atoms with van der Waals surface area (Å²) in [6.45, 7) is 3.90. The molecule has 8 heteroatoms. The minimum Gasteiger partial charge on any atom is -0.466 e. The monoisotopic (exact) mass is 498 g/mol. The number of hydrogen-bond acceptors (Lipinski definition) is 3. The maximum absolute atomic E-state index is 11.2. The zero-order valence-electron chi connectivity index (χ0n) is 16.3. The lowest BCUT2D eigenvalue weighted by Crippen LogP contribution is -2.39. The number of guanidine groups is 1. The second-order valence-corrected chi connectivity index (χ2v) is 6.50. The SMILES string of the molecule is CCOC(=O)CCCCCCNC(=NC)N(C)Cc1cc(Cl)cn1C.I. The molecule has 0 bridgehead atoms. The van der Waals surface area contributed by atoms with E-state index in [1.165, 1.54) is 0 Å². The van der Waals surface area contributed by atoms with E-state index in [1.54, 1.807) is 7.05 Å². The van der Waals surface area contributed by atoms with E-state index in [9.17, 15) is 4.79 Å². The van der Waals surface area contributed by atoms with Crippen molar-refractivity contribution in [3.05, 3.63) is 23.0 Å². The average Bonchev–Trinajstić information content (AvgIpc) is 2.87. The van der Waals surface area contributed by atoms with Gasteiger partial charge in [-0.2, -0.15) is 0 Å². The highest BCUT2D eigenvalue weighted by molar-refractivity contribution is 14.0. The fourth-order valence-electron chi connectivity index (χ4n) is 2.61. The Morgan fingerprint density at radius 1 is 1.35 bits per heavy atom. The molecule has 0 spiro atoms. The van der Waals surface area contributed by atoms with Gasteiger partial charge in [0.1, 0.15) is 0 Å². The van der Waals surface area contributed by atoms with Gasteiger partial charge in [0.2, 0.25) is 0 Å². The molecule has 0 amide bonds. The predicted molar refractivity (Wildman–Crippen MR) is 118 cm³/mol. The summed E-state index contributed by atoms with van der Waals surface area (Å²) in [7, 11) is 5.78. The van der Waals surface area contributed by atoms with E-state index in [0.717, 1.165) is 55.4 Å². The van der Waals surface area contributed by atoms with Crippen LogP contribution < -0.4 is 5.32 Å². The number of esters is 1. The Bertz CT molecular complexity index is 563. The molecule has 0 aliphatic carbocycles. The molecule has 150 valence electrons. The number of halogens is 2. The number of nitrogens with one attached hydrogen (secondary N) is 1. The first-order valence-corrected chi connectivity index (χ1v) is 9.23. The minimum atomic E-state index is -0.0940. The van der Waals surface area contributed by atoms with Crippen molar-refractivity contribution in [2.75, 3.05) is 27.2 Å². The third-order valence-electron chi connectivity index (χ3n) is 3.94. The summed E-state index contributed by atoms with van der Waals surface area (Å²) >= 11 is 6.03. The molecule has 1 rings (SSSR count). The van der Waals surface area contributed by atoms with Crippen molar-refractivity contribution in [2.24, 2.45) is 12.0 Å². The minimum absolute atomic E-state index is 0. The second kappa shape index (κ2) is 14.1. The van der Waals surface area contributed by atoms with Gasteiger partial charge in [-0.05, 0) is 25.8 Å². The molecule has 1 heterocycles. The molecular weight excluding hydrogens is 467 g/mol. The molecule has 6 nitrogen and oxygen atoms in total. The number of unbranched alkanes of at least 4 members (excludes halogenated alkanes) is 3. The zero-order valence-corrected chi connectivity index (χ0v) is 19.3. The number of aryl methyl sites for hydroxylation is 1. The van der Waals surface area contributed by atoms with Crippen LogP contribution in [0.1, 0.15) is 44.7 Å².